The Bertz CT molecular complexity index is 547. The first-order valence-corrected chi connectivity index (χ1v) is 13.1. The lowest BCUT2D eigenvalue weighted by Gasteiger charge is -2.44. The number of hydrogen-bond acceptors (Lipinski definition) is 12. The molecule has 2 rings (SSSR count). The zero-order valence-corrected chi connectivity index (χ0v) is 19.4. The van der Waals surface area contributed by atoms with Gasteiger partial charge >= 0.3 is 15.2 Å². The molecule has 14 heteroatoms. The average molecular weight is 478 g/mol. The SMILES string of the molecule is CCOP(=O)(OCC)[C@H]1OC[C@@H](O)[C@@H]([C@@H]2O[C@@H](P(=O)(OCC)OCC)OC[C@H]2O)O1. The molecule has 0 radical (unpaired) electrons. The molecule has 2 fully saturated rings. The van der Waals surface area contributed by atoms with E-state index in [1.165, 1.54) is 0 Å². The molecule has 178 valence electrons. The first-order valence-electron chi connectivity index (χ1n) is 9.92. The van der Waals surface area contributed by atoms with Crippen LogP contribution in [0.1, 0.15) is 27.7 Å². The van der Waals surface area contributed by atoms with Crippen LogP contribution in [0.25, 0.3) is 0 Å². The summed E-state index contributed by atoms with van der Waals surface area (Å²) in [6, 6.07) is -2.87. The third-order valence-corrected chi connectivity index (χ3v) is 8.25. The normalized spacial score (nSPS) is 33.5. The lowest BCUT2D eigenvalue weighted by atomic mass is 10.0. The van der Waals surface area contributed by atoms with Crippen LogP contribution in [0.15, 0.2) is 0 Å². The fourth-order valence-electron chi connectivity index (χ4n) is 3.04. The standard InChI is InChI=1S/C16H32O12P2/c1-5-23-29(19,24-6-2)15-21-9-11(17)13(27-15)14-12(18)10-22-16(28-14)30(20,25-7-3)26-8-4/h11-18H,5-10H2,1-4H3/t11-,12-,13-,14+,15+,16+/m1/s1. The van der Waals surface area contributed by atoms with Gasteiger partial charge in [0.15, 0.2) is 0 Å². The maximum atomic E-state index is 13.0. The van der Waals surface area contributed by atoms with Gasteiger partial charge < -0.3 is 47.3 Å². The maximum absolute atomic E-state index is 13.0. The molecule has 2 saturated heterocycles. The van der Waals surface area contributed by atoms with Gasteiger partial charge in [0, 0.05) is 0 Å². The van der Waals surface area contributed by atoms with Crippen molar-refractivity contribution in [1.82, 2.24) is 0 Å². The van der Waals surface area contributed by atoms with Crippen molar-refractivity contribution in [2.45, 2.75) is 64.2 Å². The van der Waals surface area contributed by atoms with Crippen molar-refractivity contribution in [3.63, 3.8) is 0 Å². The Morgan fingerprint density at radius 3 is 1.27 bits per heavy atom. The number of aliphatic hydroxyl groups excluding tert-OH is 2. The summed E-state index contributed by atoms with van der Waals surface area (Å²) in [5.41, 5.74) is 0. The number of hydrogen-bond donors (Lipinski definition) is 2. The average Bonchev–Trinajstić information content (AvgIpc) is 2.69. The van der Waals surface area contributed by atoms with Crippen molar-refractivity contribution in [2.24, 2.45) is 0 Å². The molecule has 0 aromatic rings. The van der Waals surface area contributed by atoms with Crippen molar-refractivity contribution in [1.29, 1.82) is 0 Å². The van der Waals surface area contributed by atoms with E-state index in [2.05, 4.69) is 0 Å². The van der Waals surface area contributed by atoms with Gasteiger partial charge in [-0.15, -0.1) is 0 Å². The van der Waals surface area contributed by atoms with Crippen LogP contribution in [0.5, 0.6) is 0 Å². The van der Waals surface area contributed by atoms with Crippen LogP contribution in [-0.4, -0.2) is 86.3 Å². The summed E-state index contributed by atoms with van der Waals surface area (Å²) in [5, 5.41) is 20.8. The van der Waals surface area contributed by atoms with Crippen LogP contribution in [0.3, 0.4) is 0 Å². The molecule has 0 aromatic carbocycles. The molecule has 0 bridgehead atoms. The predicted molar refractivity (Wildman–Crippen MR) is 103 cm³/mol. The van der Waals surface area contributed by atoms with Gasteiger partial charge in [-0.25, -0.2) is 0 Å². The summed E-state index contributed by atoms with van der Waals surface area (Å²) in [7, 11) is -7.65. The summed E-state index contributed by atoms with van der Waals surface area (Å²) in [5.74, 6) is 0. The Morgan fingerprint density at radius 2 is 1.00 bits per heavy atom. The molecule has 2 aliphatic heterocycles. The second kappa shape index (κ2) is 11.8. The highest BCUT2D eigenvalue weighted by Crippen LogP contribution is 2.57. The maximum Gasteiger partial charge on any atom is 0.386 e. The van der Waals surface area contributed by atoms with Gasteiger partial charge in [-0.1, -0.05) is 0 Å². The zero-order chi connectivity index (χ0) is 22.4. The predicted octanol–water partition coefficient (Wildman–Crippen LogP) is 1.64. The van der Waals surface area contributed by atoms with Crippen LogP contribution < -0.4 is 0 Å². The first-order chi connectivity index (χ1) is 14.2. The van der Waals surface area contributed by atoms with E-state index in [0.29, 0.717) is 0 Å². The lowest BCUT2D eigenvalue weighted by Crippen LogP contribution is -2.58. The molecule has 0 unspecified atom stereocenters. The third-order valence-electron chi connectivity index (χ3n) is 4.20. The van der Waals surface area contributed by atoms with Crippen molar-refractivity contribution >= 4 is 15.2 Å². The highest BCUT2D eigenvalue weighted by Gasteiger charge is 2.52. The Hall–Kier alpha value is 0.0600. The highest BCUT2D eigenvalue weighted by atomic mass is 31.2. The topological polar surface area (TPSA) is 148 Å². The van der Waals surface area contributed by atoms with Gasteiger partial charge in [-0.2, -0.15) is 0 Å². The minimum absolute atomic E-state index is 0.0814. The quantitative estimate of drug-likeness (QED) is 0.416. The Kier molecular flexibility index (Phi) is 10.3. The van der Waals surface area contributed by atoms with Crippen molar-refractivity contribution in [2.75, 3.05) is 39.6 Å². The van der Waals surface area contributed by atoms with Gasteiger partial charge in [0.05, 0.1) is 39.6 Å². The molecular formula is C16H32O12P2. The summed E-state index contributed by atoms with van der Waals surface area (Å²) < 4.78 is 68.9. The van der Waals surface area contributed by atoms with E-state index in [1.807, 2.05) is 0 Å². The Balaban J connectivity index is 2.21. The molecule has 12 nitrogen and oxygen atoms in total. The monoisotopic (exact) mass is 478 g/mol. The molecule has 0 aromatic heterocycles. The van der Waals surface area contributed by atoms with Gasteiger partial charge in [-0.3, -0.25) is 9.13 Å². The lowest BCUT2D eigenvalue weighted by molar-refractivity contribution is -0.302. The Labute approximate surface area is 176 Å². The van der Waals surface area contributed by atoms with Crippen molar-refractivity contribution < 1.29 is 56.4 Å². The van der Waals surface area contributed by atoms with Crippen LogP contribution in [0, 0.1) is 0 Å². The van der Waals surface area contributed by atoms with E-state index in [-0.39, 0.29) is 39.6 Å². The zero-order valence-electron chi connectivity index (χ0n) is 17.6. The van der Waals surface area contributed by atoms with Crippen LogP contribution in [0.4, 0.5) is 0 Å². The molecule has 30 heavy (non-hydrogen) atoms. The number of ether oxygens (including phenoxy) is 4. The van der Waals surface area contributed by atoms with E-state index in [9.17, 15) is 19.3 Å². The van der Waals surface area contributed by atoms with E-state index >= 15 is 0 Å². The second-order valence-electron chi connectivity index (χ2n) is 6.37. The summed E-state index contributed by atoms with van der Waals surface area (Å²) in [6.07, 6.45) is -4.88. The molecule has 0 amide bonds. The third kappa shape index (κ3) is 6.10. The fraction of sp³-hybridized carbons (Fsp3) is 1.00. The van der Waals surface area contributed by atoms with E-state index in [4.69, 9.17) is 37.0 Å². The molecule has 2 heterocycles. The largest absolute Gasteiger partial charge is 0.388 e. The molecule has 0 saturated carbocycles. The van der Waals surface area contributed by atoms with Gasteiger partial charge in [-0.05, 0) is 27.7 Å². The summed E-state index contributed by atoms with van der Waals surface area (Å²) in [4.78, 5) is 0. The van der Waals surface area contributed by atoms with E-state index < -0.39 is 51.7 Å². The van der Waals surface area contributed by atoms with Gasteiger partial charge in [0.2, 0.25) is 0 Å². The van der Waals surface area contributed by atoms with Crippen LogP contribution >= 0.6 is 15.2 Å². The smallest absolute Gasteiger partial charge is 0.386 e. The van der Waals surface area contributed by atoms with Crippen molar-refractivity contribution in [3.8, 4) is 0 Å². The second-order valence-corrected chi connectivity index (χ2v) is 10.4. The minimum atomic E-state index is -3.83. The fourth-order valence-corrected chi connectivity index (χ4v) is 6.23. The van der Waals surface area contributed by atoms with Crippen LogP contribution in [-0.2, 0) is 46.2 Å². The molecular weight excluding hydrogens is 446 g/mol. The first kappa shape index (κ1) is 26.3. The van der Waals surface area contributed by atoms with Crippen molar-refractivity contribution in [3.05, 3.63) is 0 Å². The molecule has 6 atom stereocenters. The summed E-state index contributed by atoms with van der Waals surface area (Å²) in [6.45, 7) is 6.32. The minimum Gasteiger partial charge on any atom is -0.388 e. The molecule has 2 N–H and O–H groups in total. The summed E-state index contributed by atoms with van der Waals surface area (Å²) >= 11 is 0. The Morgan fingerprint density at radius 1 is 0.700 bits per heavy atom. The van der Waals surface area contributed by atoms with Gasteiger partial charge in [0.1, 0.15) is 24.4 Å². The van der Waals surface area contributed by atoms with E-state index in [0.717, 1.165) is 0 Å². The highest BCUT2D eigenvalue weighted by molar-refractivity contribution is 7.54. The molecule has 0 aliphatic carbocycles. The van der Waals surface area contributed by atoms with E-state index in [1.54, 1.807) is 27.7 Å². The number of aliphatic hydroxyl groups is 2. The van der Waals surface area contributed by atoms with Crippen LogP contribution in [0.2, 0.25) is 0 Å². The molecule has 0 spiro atoms. The number of rotatable bonds is 11. The molecule has 2 aliphatic rings. The van der Waals surface area contributed by atoms with Gasteiger partial charge in [0.25, 0.3) is 12.1 Å².